The van der Waals surface area contributed by atoms with Gasteiger partial charge in [0.15, 0.2) is 6.61 Å². The monoisotopic (exact) mass is 384 g/mol. The topological polar surface area (TPSA) is 81.5 Å². The number of nitrogens with one attached hydrogen (secondary N) is 1. The van der Waals surface area contributed by atoms with E-state index < -0.39 is 10.8 Å². The predicted octanol–water partition coefficient (Wildman–Crippen LogP) is 4.03. The highest BCUT2D eigenvalue weighted by Crippen LogP contribution is 2.27. The van der Waals surface area contributed by atoms with Crippen molar-refractivity contribution in [2.75, 3.05) is 11.9 Å². The van der Waals surface area contributed by atoms with Gasteiger partial charge < -0.3 is 10.1 Å². The first-order valence-electron chi connectivity index (χ1n) is 6.08. The van der Waals surface area contributed by atoms with E-state index >= 15 is 0 Å². The number of carbonyl (C=O) groups excluding carboxylic acids is 1. The number of benzene rings is 2. The molecule has 0 aromatic heterocycles. The second kappa shape index (κ2) is 7.24. The van der Waals surface area contributed by atoms with Gasteiger partial charge in [-0.2, -0.15) is 0 Å². The van der Waals surface area contributed by atoms with Gasteiger partial charge in [-0.1, -0.05) is 33.6 Å². The van der Waals surface area contributed by atoms with Gasteiger partial charge in [-0.15, -0.1) is 0 Å². The van der Waals surface area contributed by atoms with E-state index in [2.05, 4.69) is 21.2 Å². The molecule has 1 amide bonds. The first-order chi connectivity index (χ1) is 10.5. The van der Waals surface area contributed by atoms with Crippen LogP contribution in [0.5, 0.6) is 5.75 Å². The zero-order valence-corrected chi connectivity index (χ0v) is 13.4. The largest absolute Gasteiger partial charge is 0.484 e. The molecule has 0 heterocycles. The van der Waals surface area contributed by atoms with Crippen LogP contribution in [-0.4, -0.2) is 17.4 Å². The van der Waals surface area contributed by atoms with Crippen molar-refractivity contribution in [2.45, 2.75) is 0 Å². The summed E-state index contributed by atoms with van der Waals surface area (Å²) in [5, 5.41) is 13.6. The summed E-state index contributed by atoms with van der Waals surface area (Å²) in [6.45, 7) is -0.268. The lowest BCUT2D eigenvalue weighted by Crippen LogP contribution is -2.20. The Hall–Kier alpha value is -2.12. The highest BCUT2D eigenvalue weighted by Gasteiger charge is 2.16. The molecule has 2 rings (SSSR count). The number of hydrogen-bond acceptors (Lipinski definition) is 4. The van der Waals surface area contributed by atoms with Gasteiger partial charge >= 0.3 is 0 Å². The molecule has 8 heteroatoms. The number of halogens is 2. The summed E-state index contributed by atoms with van der Waals surface area (Å²) in [5.41, 5.74) is -0.208. The molecule has 0 saturated heterocycles. The molecule has 0 aliphatic heterocycles. The SMILES string of the molecule is O=C(COc1cccc(Br)c1)Nc1ccc(Cl)cc1[N+](=O)[O-]. The summed E-state index contributed by atoms with van der Waals surface area (Å²) in [7, 11) is 0. The quantitative estimate of drug-likeness (QED) is 0.622. The molecule has 0 atom stereocenters. The molecule has 0 aliphatic carbocycles. The van der Waals surface area contributed by atoms with Crippen molar-refractivity contribution in [3.05, 3.63) is 62.1 Å². The maximum Gasteiger partial charge on any atom is 0.294 e. The van der Waals surface area contributed by atoms with Gasteiger partial charge in [0.1, 0.15) is 11.4 Å². The van der Waals surface area contributed by atoms with Crippen LogP contribution < -0.4 is 10.1 Å². The number of amides is 1. The van der Waals surface area contributed by atoms with Gasteiger partial charge in [0.2, 0.25) is 0 Å². The maximum absolute atomic E-state index is 11.8. The van der Waals surface area contributed by atoms with E-state index in [-0.39, 0.29) is 23.0 Å². The summed E-state index contributed by atoms with van der Waals surface area (Å²) in [5.74, 6) is 0.000490. The van der Waals surface area contributed by atoms with E-state index in [0.29, 0.717) is 5.75 Å². The Balaban J connectivity index is 2.02. The number of nitro benzene ring substituents is 1. The second-order valence-corrected chi connectivity index (χ2v) is 5.56. The minimum atomic E-state index is -0.614. The highest BCUT2D eigenvalue weighted by atomic mass is 79.9. The first-order valence-corrected chi connectivity index (χ1v) is 7.25. The summed E-state index contributed by atoms with van der Waals surface area (Å²) >= 11 is 8.99. The van der Waals surface area contributed by atoms with Crippen LogP contribution in [-0.2, 0) is 4.79 Å². The molecule has 22 heavy (non-hydrogen) atoms. The summed E-state index contributed by atoms with van der Waals surface area (Å²) in [6, 6.07) is 11.0. The number of nitro groups is 1. The Labute approximate surface area is 139 Å². The average Bonchev–Trinajstić information content (AvgIpc) is 2.47. The molecule has 1 N–H and O–H groups in total. The normalized spacial score (nSPS) is 10.1. The fourth-order valence-corrected chi connectivity index (χ4v) is 2.20. The lowest BCUT2D eigenvalue weighted by atomic mass is 10.2. The number of carbonyl (C=O) groups is 1. The smallest absolute Gasteiger partial charge is 0.294 e. The van der Waals surface area contributed by atoms with E-state index in [1.54, 1.807) is 18.2 Å². The summed E-state index contributed by atoms with van der Waals surface area (Å²) in [6.07, 6.45) is 0. The van der Waals surface area contributed by atoms with Gasteiger partial charge in [-0.05, 0) is 30.3 Å². The third-order valence-electron chi connectivity index (χ3n) is 2.60. The van der Waals surface area contributed by atoms with E-state index in [1.807, 2.05) is 6.07 Å². The molecule has 2 aromatic rings. The first kappa shape index (κ1) is 16.3. The molecule has 0 saturated carbocycles. The second-order valence-electron chi connectivity index (χ2n) is 4.21. The van der Waals surface area contributed by atoms with Gasteiger partial charge in [-0.25, -0.2) is 0 Å². The predicted molar refractivity (Wildman–Crippen MR) is 86.4 cm³/mol. The van der Waals surface area contributed by atoms with E-state index in [1.165, 1.54) is 18.2 Å². The fraction of sp³-hybridized carbons (Fsp3) is 0.0714. The lowest BCUT2D eigenvalue weighted by molar-refractivity contribution is -0.383. The van der Waals surface area contributed by atoms with Crippen LogP contribution in [0.25, 0.3) is 0 Å². The van der Waals surface area contributed by atoms with Crippen LogP contribution >= 0.6 is 27.5 Å². The van der Waals surface area contributed by atoms with Crippen molar-refractivity contribution in [1.82, 2.24) is 0 Å². The van der Waals surface area contributed by atoms with Crippen molar-refractivity contribution in [1.29, 1.82) is 0 Å². The summed E-state index contributed by atoms with van der Waals surface area (Å²) in [4.78, 5) is 22.1. The Morgan fingerprint density at radius 3 is 2.77 bits per heavy atom. The van der Waals surface area contributed by atoms with Crippen molar-refractivity contribution in [2.24, 2.45) is 0 Å². The van der Waals surface area contributed by atoms with Crippen molar-refractivity contribution >= 4 is 44.8 Å². The van der Waals surface area contributed by atoms with Crippen molar-refractivity contribution in [3.63, 3.8) is 0 Å². The maximum atomic E-state index is 11.8. The van der Waals surface area contributed by atoms with Crippen LogP contribution in [0.3, 0.4) is 0 Å². The number of nitrogens with zero attached hydrogens (tertiary/aromatic N) is 1. The Kier molecular flexibility index (Phi) is 5.35. The van der Waals surface area contributed by atoms with Crippen LogP contribution in [0.1, 0.15) is 0 Å². The summed E-state index contributed by atoms with van der Waals surface area (Å²) < 4.78 is 6.13. The standard InChI is InChI=1S/C14H10BrClN2O4/c15-9-2-1-3-11(6-9)22-8-14(19)17-12-5-4-10(16)7-13(12)18(20)21/h1-7H,8H2,(H,17,19). The highest BCUT2D eigenvalue weighted by molar-refractivity contribution is 9.10. The zero-order chi connectivity index (χ0) is 16.1. The van der Waals surface area contributed by atoms with Crippen LogP contribution in [0.15, 0.2) is 46.9 Å². The molecule has 0 bridgehead atoms. The zero-order valence-electron chi connectivity index (χ0n) is 11.1. The third-order valence-corrected chi connectivity index (χ3v) is 3.32. The Morgan fingerprint density at radius 2 is 2.09 bits per heavy atom. The average molecular weight is 386 g/mol. The Morgan fingerprint density at radius 1 is 1.32 bits per heavy atom. The molecule has 114 valence electrons. The molecular formula is C14H10BrClN2O4. The van der Waals surface area contributed by atoms with E-state index in [0.717, 1.165) is 4.47 Å². The number of rotatable bonds is 5. The molecule has 0 aliphatic rings. The van der Waals surface area contributed by atoms with Gasteiger partial charge in [0.05, 0.1) is 4.92 Å². The van der Waals surface area contributed by atoms with Gasteiger partial charge in [0.25, 0.3) is 11.6 Å². The van der Waals surface area contributed by atoms with Gasteiger partial charge in [0, 0.05) is 15.6 Å². The van der Waals surface area contributed by atoms with E-state index in [4.69, 9.17) is 16.3 Å². The van der Waals surface area contributed by atoms with Crippen molar-refractivity contribution in [3.8, 4) is 5.75 Å². The third kappa shape index (κ3) is 4.44. The van der Waals surface area contributed by atoms with Gasteiger partial charge in [-0.3, -0.25) is 14.9 Å². The van der Waals surface area contributed by atoms with Crippen LogP contribution in [0.4, 0.5) is 11.4 Å². The molecule has 0 radical (unpaired) electrons. The molecule has 0 spiro atoms. The van der Waals surface area contributed by atoms with Crippen LogP contribution in [0.2, 0.25) is 5.02 Å². The molecule has 0 fully saturated rings. The van der Waals surface area contributed by atoms with Crippen LogP contribution in [0, 0.1) is 10.1 Å². The lowest BCUT2D eigenvalue weighted by Gasteiger charge is -2.08. The van der Waals surface area contributed by atoms with E-state index in [9.17, 15) is 14.9 Å². The molecule has 6 nitrogen and oxygen atoms in total. The molecule has 2 aromatic carbocycles. The minimum Gasteiger partial charge on any atom is -0.484 e. The molecular weight excluding hydrogens is 376 g/mol. The Bertz CT molecular complexity index is 724. The number of anilines is 1. The number of hydrogen-bond donors (Lipinski definition) is 1. The minimum absolute atomic E-state index is 0.0669. The number of ether oxygens (including phenoxy) is 1. The van der Waals surface area contributed by atoms with Crippen molar-refractivity contribution < 1.29 is 14.5 Å². The fourth-order valence-electron chi connectivity index (χ4n) is 1.65. The molecule has 0 unspecified atom stereocenters.